The monoisotopic (exact) mass is 501 g/mol. The van der Waals surface area contributed by atoms with Gasteiger partial charge in [0.05, 0.1) is 13.2 Å². The molecular weight excluding hydrogens is 471 g/mol. The Bertz CT molecular complexity index is 549. The van der Waals surface area contributed by atoms with Crippen molar-refractivity contribution < 1.29 is 23.0 Å². The van der Waals surface area contributed by atoms with Crippen molar-refractivity contribution in [1.82, 2.24) is 10.6 Å². The number of aliphatic imine (C=N–C) groups is 1. The molecule has 0 unspecified atom stereocenters. The van der Waals surface area contributed by atoms with Gasteiger partial charge < -0.3 is 24.8 Å². The molecule has 0 aromatic heterocycles. The summed E-state index contributed by atoms with van der Waals surface area (Å²) in [5.41, 5.74) is 0.554. The summed E-state index contributed by atoms with van der Waals surface area (Å²) >= 11 is 0. The summed E-state index contributed by atoms with van der Waals surface area (Å²) in [5, 5.41) is 6.18. The van der Waals surface area contributed by atoms with Crippen molar-refractivity contribution in [3.05, 3.63) is 23.8 Å². The van der Waals surface area contributed by atoms with Crippen LogP contribution in [-0.2, 0) is 11.3 Å². The van der Waals surface area contributed by atoms with Gasteiger partial charge in [0.15, 0.2) is 17.5 Å². The van der Waals surface area contributed by atoms with Crippen LogP contribution < -0.4 is 20.1 Å². The molecule has 9 heteroatoms. The average molecular weight is 501 g/mol. The molecular formula is C18H30F2IN3O3. The minimum Gasteiger partial charge on any atom is -0.490 e. The van der Waals surface area contributed by atoms with Crippen LogP contribution >= 0.6 is 24.0 Å². The molecule has 0 heterocycles. The molecule has 0 bridgehead atoms. The van der Waals surface area contributed by atoms with Gasteiger partial charge in [-0.1, -0.05) is 25.5 Å². The third-order valence-electron chi connectivity index (χ3n) is 3.42. The highest BCUT2D eigenvalue weighted by molar-refractivity contribution is 14.0. The summed E-state index contributed by atoms with van der Waals surface area (Å²) in [7, 11) is 1.64. The van der Waals surface area contributed by atoms with E-state index in [1.165, 1.54) is 0 Å². The van der Waals surface area contributed by atoms with Crippen molar-refractivity contribution in [3.8, 4) is 11.5 Å². The zero-order valence-electron chi connectivity index (χ0n) is 16.1. The normalized spacial score (nSPS) is 11.1. The van der Waals surface area contributed by atoms with Gasteiger partial charge in [-0.3, -0.25) is 4.99 Å². The van der Waals surface area contributed by atoms with E-state index in [1.54, 1.807) is 32.2 Å². The van der Waals surface area contributed by atoms with E-state index in [9.17, 15) is 8.78 Å². The zero-order chi connectivity index (χ0) is 19.2. The first kappa shape index (κ1) is 25.6. The lowest BCUT2D eigenvalue weighted by Crippen LogP contribution is -2.38. The molecule has 0 aliphatic carbocycles. The fourth-order valence-corrected chi connectivity index (χ4v) is 2.18. The largest absolute Gasteiger partial charge is 0.490 e. The van der Waals surface area contributed by atoms with E-state index in [-0.39, 0.29) is 36.3 Å². The molecule has 0 amide bonds. The third kappa shape index (κ3) is 10.5. The molecule has 156 valence electrons. The topological polar surface area (TPSA) is 64.1 Å². The number of nitrogens with one attached hydrogen (secondary N) is 2. The Balaban J connectivity index is 0.00000676. The van der Waals surface area contributed by atoms with E-state index in [0.717, 1.165) is 19.4 Å². The van der Waals surface area contributed by atoms with Crippen LogP contribution in [0.2, 0.25) is 0 Å². The molecule has 0 radical (unpaired) electrons. The molecule has 0 spiro atoms. The van der Waals surface area contributed by atoms with Gasteiger partial charge in [-0.15, -0.1) is 24.0 Å². The number of guanidine groups is 1. The maximum atomic E-state index is 12.7. The minimum absolute atomic E-state index is 0. The molecule has 1 aromatic rings. The van der Waals surface area contributed by atoms with E-state index in [4.69, 9.17) is 9.47 Å². The summed E-state index contributed by atoms with van der Waals surface area (Å²) < 4.78 is 41.0. The van der Waals surface area contributed by atoms with Crippen LogP contribution in [0.4, 0.5) is 8.78 Å². The van der Waals surface area contributed by atoms with E-state index in [0.29, 0.717) is 37.0 Å². The number of para-hydroxylation sites is 1. The van der Waals surface area contributed by atoms with Gasteiger partial charge in [-0.05, 0) is 19.4 Å². The van der Waals surface area contributed by atoms with E-state index < -0.39 is 6.61 Å². The molecule has 0 atom stereocenters. The lowest BCUT2D eigenvalue weighted by Gasteiger charge is -2.17. The van der Waals surface area contributed by atoms with Crippen molar-refractivity contribution in [2.75, 3.05) is 33.4 Å². The molecule has 2 N–H and O–H groups in total. The van der Waals surface area contributed by atoms with Crippen LogP contribution in [0.3, 0.4) is 0 Å². The first-order chi connectivity index (χ1) is 12.6. The Hall–Kier alpha value is -1.36. The second-order valence-electron chi connectivity index (χ2n) is 5.37. The van der Waals surface area contributed by atoms with E-state index in [2.05, 4.69) is 27.3 Å². The summed E-state index contributed by atoms with van der Waals surface area (Å²) in [4.78, 5) is 4.11. The maximum Gasteiger partial charge on any atom is 0.387 e. The molecule has 0 fully saturated rings. The number of benzene rings is 1. The molecule has 0 aliphatic rings. The molecule has 0 saturated heterocycles. The molecule has 0 saturated carbocycles. The molecule has 27 heavy (non-hydrogen) atoms. The Morgan fingerprint density at radius 3 is 2.59 bits per heavy atom. The summed E-state index contributed by atoms with van der Waals surface area (Å²) in [6.45, 7) is 3.50. The van der Waals surface area contributed by atoms with E-state index >= 15 is 0 Å². The van der Waals surface area contributed by atoms with Crippen LogP contribution in [-0.4, -0.2) is 46.0 Å². The van der Waals surface area contributed by atoms with Gasteiger partial charge in [0.25, 0.3) is 0 Å². The molecule has 1 aromatic carbocycles. The minimum atomic E-state index is -2.92. The highest BCUT2D eigenvalue weighted by Gasteiger charge is 2.15. The van der Waals surface area contributed by atoms with Crippen LogP contribution in [0.1, 0.15) is 32.3 Å². The van der Waals surface area contributed by atoms with Gasteiger partial charge in [0.2, 0.25) is 0 Å². The SMILES string of the molecule is CCCCOCCNC(=NC)NCc1cccc(OCC)c1OC(F)F.I. The average Bonchev–Trinajstić information content (AvgIpc) is 2.62. The predicted molar refractivity (Wildman–Crippen MR) is 114 cm³/mol. The number of hydrogen-bond donors (Lipinski definition) is 2. The Labute approximate surface area is 177 Å². The Morgan fingerprint density at radius 1 is 1.19 bits per heavy atom. The number of alkyl halides is 2. The van der Waals surface area contributed by atoms with Crippen LogP contribution in [0.5, 0.6) is 11.5 Å². The van der Waals surface area contributed by atoms with Crippen LogP contribution in [0.25, 0.3) is 0 Å². The standard InChI is InChI=1S/C18H29F2N3O3.HI/c1-4-6-11-24-12-10-22-18(21-3)23-13-14-8-7-9-15(25-5-2)16(14)26-17(19)20;/h7-9,17H,4-6,10-13H2,1-3H3,(H2,21,22,23);1H. The lowest BCUT2D eigenvalue weighted by molar-refractivity contribution is -0.0520. The summed E-state index contributed by atoms with van der Waals surface area (Å²) in [6.07, 6.45) is 2.14. The first-order valence-corrected chi connectivity index (χ1v) is 8.84. The second kappa shape index (κ2) is 15.7. The van der Waals surface area contributed by atoms with Gasteiger partial charge in [-0.25, -0.2) is 0 Å². The van der Waals surface area contributed by atoms with Gasteiger partial charge in [-0.2, -0.15) is 8.78 Å². The van der Waals surface area contributed by atoms with Gasteiger partial charge in [0.1, 0.15) is 0 Å². The lowest BCUT2D eigenvalue weighted by atomic mass is 10.2. The molecule has 0 aliphatic heterocycles. The predicted octanol–water partition coefficient (Wildman–Crippen LogP) is 3.79. The smallest absolute Gasteiger partial charge is 0.387 e. The van der Waals surface area contributed by atoms with Crippen LogP contribution in [0, 0.1) is 0 Å². The summed E-state index contributed by atoms with van der Waals surface area (Å²) in [5.74, 6) is 0.878. The van der Waals surface area contributed by atoms with Crippen molar-refractivity contribution >= 4 is 29.9 Å². The number of halogens is 3. The first-order valence-electron chi connectivity index (χ1n) is 8.84. The zero-order valence-corrected chi connectivity index (χ0v) is 18.4. The fourth-order valence-electron chi connectivity index (χ4n) is 2.18. The quantitative estimate of drug-likeness (QED) is 0.198. The highest BCUT2D eigenvalue weighted by Crippen LogP contribution is 2.32. The molecule has 6 nitrogen and oxygen atoms in total. The van der Waals surface area contributed by atoms with Crippen molar-refractivity contribution in [3.63, 3.8) is 0 Å². The van der Waals surface area contributed by atoms with E-state index in [1.807, 2.05) is 0 Å². The Kier molecular flexibility index (Phi) is 14.9. The number of hydrogen-bond acceptors (Lipinski definition) is 4. The number of ether oxygens (including phenoxy) is 3. The number of unbranched alkanes of at least 4 members (excludes halogenated alkanes) is 1. The number of nitrogens with zero attached hydrogens (tertiary/aromatic N) is 1. The van der Waals surface area contributed by atoms with Crippen LogP contribution in [0.15, 0.2) is 23.2 Å². The Morgan fingerprint density at radius 2 is 1.96 bits per heavy atom. The second-order valence-corrected chi connectivity index (χ2v) is 5.37. The van der Waals surface area contributed by atoms with Crippen molar-refractivity contribution in [2.24, 2.45) is 4.99 Å². The fraction of sp³-hybridized carbons (Fsp3) is 0.611. The highest BCUT2D eigenvalue weighted by atomic mass is 127. The molecule has 1 rings (SSSR count). The maximum absolute atomic E-state index is 12.7. The van der Waals surface area contributed by atoms with Crippen molar-refractivity contribution in [2.45, 2.75) is 39.8 Å². The third-order valence-corrected chi connectivity index (χ3v) is 3.42. The summed E-state index contributed by atoms with van der Waals surface area (Å²) in [6, 6.07) is 5.04. The number of rotatable bonds is 12. The van der Waals surface area contributed by atoms with Crippen molar-refractivity contribution in [1.29, 1.82) is 0 Å². The van der Waals surface area contributed by atoms with Gasteiger partial charge >= 0.3 is 6.61 Å². The van der Waals surface area contributed by atoms with Gasteiger partial charge in [0, 0.05) is 32.3 Å².